The van der Waals surface area contributed by atoms with E-state index in [1.165, 1.54) is 32.1 Å². The van der Waals surface area contributed by atoms with Gasteiger partial charge in [-0.2, -0.15) is 0 Å². The maximum Gasteiger partial charge on any atom is 0.315 e. The lowest BCUT2D eigenvalue weighted by Crippen LogP contribution is -2.06. The van der Waals surface area contributed by atoms with E-state index in [2.05, 4.69) is 27.4 Å². The molecule has 0 aromatic carbocycles. The van der Waals surface area contributed by atoms with Gasteiger partial charge in [0.15, 0.2) is 0 Å². The Morgan fingerprint density at radius 3 is 2.65 bits per heavy atom. The van der Waals surface area contributed by atoms with Crippen LogP contribution in [0.4, 0.5) is 6.01 Å². The van der Waals surface area contributed by atoms with Gasteiger partial charge in [-0.3, -0.25) is 4.98 Å². The minimum atomic E-state index is 0.123. The predicted octanol–water partition coefficient (Wildman–Crippen LogP) is 3.69. The number of nitrogens with one attached hydrogen (secondary N) is 1. The molecule has 2 aromatic heterocycles. The Kier molecular flexibility index (Phi) is 3.95. The molecule has 5 heteroatoms. The third-order valence-electron chi connectivity index (χ3n) is 3.94. The Morgan fingerprint density at radius 1 is 1.15 bits per heavy atom. The summed E-state index contributed by atoms with van der Waals surface area (Å²) >= 11 is 0. The van der Waals surface area contributed by atoms with E-state index in [1.54, 1.807) is 12.4 Å². The van der Waals surface area contributed by atoms with Crippen molar-refractivity contribution in [3.05, 3.63) is 36.0 Å². The smallest absolute Gasteiger partial charge is 0.315 e. The molecular formula is C15H20N4O. The Morgan fingerprint density at radius 2 is 1.90 bits per heavy atom. The first-order valence-electron chi connectivity index (χ1n) is 7.33. The van der Waals surface area contributed by atoms with Crippen LogP contribution in [0.2, 0.25) is 0 Å². The van der Waals surface area contributed by atoms with Gasteiger partial charge in [0.05, 0.1) is 6.04 Å². The molecule has 0 spiro atoms. The second kappa shape index (κ2) is 6.03. The van der Waals surface area contributed by atoms with Crippen LogP contribution in [0.3, 0.4) is 0 Å². The number of hydrogen-bond donors (Lipinski definition) is 1. The number of rotatable bonds is 4. The van der Waals surface area contributed by atoms with Crippen LogP contribution in [0.1, 0.15) is 62.4 Å². The molecule has 0 aliphatic heterocycles. The van der Waals surface area contributed by atoms with E-state index in [0.717, 1.165) is 11.5 Å². The fourth-order valence-electron chi connectivity index (χ4n) is 2.73. The lowest BCUT2D eigenvalue weighted by atomic mass is 9.89. The number of pyridine rings is 1. The van der Waals surface area contributed by atoms with Crippen molar-refractivity contribution in [3.8, 4) is 0 Å². The summed E-state index contributed by atoms with van der Waals surface area (Å²) in [5, 5.41) is 11.6. The second-order valence-corrected chi connectivity index (χ2v) is 5.43. The SMILES string of the molecule is CC(Nc1nnc(C2CCCCC2)o1)c1ccncc1. The predicted molar refractivity (Wildman–Crippen MR) is 76.4 cm³/mol. The summed E-state index contributed by atoms with van der Waals surface area (Å²) in [5.74, 6) is 1.23. The molecule has 106 valence electrons. The molecule has 1 unspecified atom stereocenters. The van der Waals surface area contributed by atoms with E-state index in [0.29, 0.717) is 11.9 Å². The van der Waals surface area contributed by atoms with Gasteiger partial charge in [-0.25, -0.2) is 0 Å². The van der Waals surface area contributed by atoms with Crippen molar-refractivity contribution < 1.29 is 4.42 Å². The summed E-state index contributed by atoms with van der Waals surface area (Å²) in [6, 6.07) is 4.60. The maximum absolute atomic E-state index is 5.77. The van der Waals surface area contributed by atoms with Crippen LogP contribution in [0.25, 0.3) is 0 Å². The first-order valence-corrected chi connectivity index (χ1v) is 7.33. The molecule has 0 saturated heterocycles. The van der Waals surface area contributed by atoms with Gasteiger partial charge in [0.25, 0.3) is 0 Å². The molecule has 2 aromatic rings. The van der Waals surface area contributed by atoms with Gasteiger partial charge in [0, 0.05) is 18.3 Å². The second-order valence-electron chi connectivity index (χ2n) is 5.43. The van der Waals surface area contributed by atoms with E-state index >= 15 is 0 Å². The molecule has 0 radical (unpaired) electrons. The molecule has 1 fully saturated rings. The van der Waals surface area contributed by atoms with E-state index in [1.807, 2.05) is 12.1 Å². The van der Waals surface area contributed by atoms with Gasteiger partial charge in [0.1, 0.15) is 0 Å². The summed E-state index contributed by atoms with van der Waals surface area (Å²) in [5.41, 5.74) is 1.15. The Balaban J connectivity index is 1.65. The lowest BCUT2D eigenvalue weighted by Gasteiger charge is -2.17. The van der Waals surface area contributed by atoms with Crippen LogP contribution >= 0.6 is 0 Å². The van der Waals surface area contributed by atoms with Gasteiger partial charge in [-0.15, -0.1) is 5.10 Å². The molecule has 20 heavy (non-hydrogen) atoms. The average molecular weight is 272 g/mol. The Labute approximate surface area is 118 Å². The third kappa shape index (κ3) is 2.98. The van der Waals surface area contributed by atoms with E-state index in [9.17, 15) is 0 Å². The highest BCUT2D eigenvalue weighted by Gasteiger charge is 2.21. The summed E-state index contributed by atoms with van der Waals surface area (Å²) in [4.78, 5) is 4.02. The molecule has 1 aliphatic rings. The van der Waals surface area contributed by atoms with Crippen molar-refractivity contribution >= 4 is 6.01 Å². The number of aromatic nitrogens is 3. The molecule has 1 saturated carbocycles. The van der Waals surface area contributed by atoms with Crippen LogP contribution in [0.15, 0.2) is 28.9 Å². The largest absolute Gasteiger partial charge is 0.408 e. The zero-order valence-corrected chi connectivity index (χ0v) is 11.7. The summed E-state index contributed by atoms with van der Waals surface area (Å²) in [7, 11) is 0. The highest BCUT2D eigenvalue weighted by Crippen LogP contribution is 2.32. The molecule has 0 bridgehead atoms. The minimum absolute atomic E-state index is 0.123. The fraction of sp³-hybridized carbons (Fsp3) is 0.533. The molecule has 1 aliphatic carbocycles. The fourth-order valence-corrected chi connectivity index (χ4v) is 2.73. The quantitative estimate of drug-likeness (QED) is 0.919. The minimum Gasteiger partial charge on any atom is -0.408 e. The molecular weight excluding hydrogens is 252 g/mol. The van der Waals surface area contributed by atoms with Crippen molar-refractivity contribution in [2.24, 2.45) is 0 Å². The molecule has 5 nitrogen and oxygen atoms in total. The highest BCUT2D eigenvalue weighted by molar-refractivity contribution is 5.27. The lowest BCUT2D eigenvalue weighted by molar-refractivity contribution is 0.366. The number of hydrogen-bond acceptors (Lipinski definition) is 5. The zero-order chi connectivity index (χ0) is 13.8. The van der Waals surface area contributed by atoms with E-state index in [4.69, 9.17) is 4.42 Å². The van der Waals surface area contributed by atoms with Crippen LogP contribution in [0, 0.1) is 0 Å². The van der Waals surface area contributed by atoms with Crippen molar-refractivity contribution in [1.29, 1.82) is 0 Å². The molecule has 2 heterocycles. The van der Waals surface area contributed by atoms with Crippen molar-refractivity contribution in [3.63, 3.8) is 0 Å². The monoisotopic (exact) mass is 272 g/mol. The Hall–Kier alpha value is -1.91. The summed E-state index contributed by atoms with van der Waals surface area (Å²) in [6.07, 6.45) is 9.77. The van der Waals surface area contributed by atoms with Gasteiger partial charge >= 0.3 is 6.01 Å². The normalized spacial score (nSPS) is 17.9. The van der Waals surface area contributed by atoms with Crippen molar-refractivity contribution in [2.75, 3.05) is 5.32 Å². The van der Waals surface area contributed by atoms with Gasteiger partial charge in [-0.05, 0) is 37.5 Å². The Bertz CT molecular complexity index is 534. The van der Waals surface area contributed by atoms with Crippen molar-refractivity contribution in [2.45, 2.75) is 51.0 Å². The highest BCUT2D eigenvalue weighted by atomic mass is 16.4. The molecule has 1 N–H and O–H groups in total. The van der Waals surface area contributed by atoms with Gasteiger partial charge in [0.2, 0.25) is 5.89 Å². The first-order chi connectivity index (χ1) is 9.83. The van der Waals surface area contributed by atoms with E-state index in [-0.39, 0.29) is 6.04 Å². The van der Waals surface area contributed by atoms with Crippen molar-refractivity contribution in [1.82, 2.24) is 15.2 Å². The molecule has 1 atom stereocenters. The van der Waals surface area contributed by atoms with Gasteiger partial charge < -0.3 is 9.73 Å². The number of nitrogens with zero attached hydrogens (tertiary/aromatic N) is 3. The van der Waals surface area contributed by atoms with Crippen LogP contribution in [-0.2, 0) is 0 Å². The standard InChI is InChI=1S/C15H20N4O/c1-11(12-7-9-16-10-8-12)17-15-19-18-14(20-15)13-5-3-2-4-6-13/h7-11,13H,2-6H2,1H3,(H,17,19). The van der Waals surface area contributed by atoms with E-state index < -0.39 is 0 Å². The topological polar surface area (TPSA) is 63.8 Å². The van der Waals surface area contributed by atoms with Crippen LogP contribution < -0.4 is 5.32 Å². The average Bonchev–Trinajstić information content (AvgIpc) is 2.97. The summed E-state index contributed by atoms with van der Waals surface area (Å²) < 4.78 is 5.77. The third-order valence-corrected chi connectivity index (χ3v) is 3.94. The van der Waals surface area contributed by atoms with Crippen LogP contribution in [0.5, 0.6) is 0 Å². The molecule has 0 amide bonds. The zero-order valence-electron chi connectivity index (χ0n) is 11.7. The summed E-state index contributed by atoms with van der Waals surface area (Å²) in [6.45, 7) is 2.07. The van der Waals surface area contributed by atoms with Gasteiger partial charge in [-0.1, -0.05) is 24.4 Å². The molecule has 3 rings (SSSR count). The number of anilines is 1. The maximum atomic E-state index is 5.77. The van der Waals surface area contributed by atoms with Crippen LogP contribution in [-0.4, -0.2) is 15.2 Å². The first kappa shape index (κ1) is 13.1.